The number of pyridine rings is 1. The van der Waals surface area contributed by atoms with Crippen molar-refractivity contribution in [3.8, 4) is 5.82 Å². The van der Waals surface area contributed by atoms with Crippen molar-refractivity contribution in [1.82, 2.24) is 19.7 Å². The molecule has 0 spiro atoms. The summed E-state index contributed by atoms with van der Waals surface area (Å²) >= 11 is 6.19. The molecule has 3 rings (SSSR count). The fourth-order valence-corrected chi connectivity index (χ4v) is 3.61. The number of anilines is 1. The minimum atomic E-state index is -4.50. The zero-order valence-corrected chi connectivity index (χ0v) is 17.0. The third kappa shape index (κ3) is 5.08. The predicted molar refractivity (Wildman–Crippen MR) is 106 cm³/mol. The van der Waals surface area contributed by atoms with Crippen LogP contribution in [0.1, 0.15) is 32.3 Å². The summed E-state index contributed by atoms with van der Waals surface area (Å²) in [6, 6.07) is 2.19. The Bertz CT molecular complexity index is 900. The van der Waals surface area contributed by atoms with Crippen LogP contribution < -0.4 is 10.9 Å². The van der Waals surface area contributed by atoms with E-state index < -0.39 is 17.3 Å². The first kappa shape index (κ1) is 21.6. The lowest BCUT2D eigenvalue weighted by Gasteiger charge is -2.35. The van der Waals surface area contributed by atoms with Crippen molar-refractivity contribution in [3.05, 3.63) is 45.5 Å². The van der Waals surface area contributed by atoms with Gasteiger partial charge in [0.15, 0.2) is 5.82 Å². The summed E-state index contributed by atoms with van der Waals surface area (Å²) in [5, 5.41) is 7.08. The van der Waals surface area contributed by atoms with Crippen molar-refractivity contribution >= 4 is 17.3 Å². The van der Waals surface area contributed by atoms with E-state index in [4.69, 9.17) is 11.6 Å². The number of rotatable bonds is 5. The van der Waals surface area contributed by atoms with Crippen LogP contribution in [0.5, 0.6) is 0 Å². The van der Waals surface area contributed by atoms with Crippen LogP contribution in [0, 0.1) is 5.92 Å². The van der Waals surface area contributed by atoms with Crippen LogP contribution in [0.2, 0.25) is 5.02 Å². The van der Waals surface area contributed by atoms with Crippen LogP contribution in [-0.4, -0.2) is 45.3 Å². The van der Waals surface area contributed by atoms with Gasteiger partial charge in [-0.2, -0.15) is 23.0 Å². The van der Waals surface area contributed by atoms with Crippen LogP contribution in [0.25, 0.3) is 5.82 Å². The van der Waals surface area contributed by atoms with Gasteiger partial charge in [-0.05, 0) is 44.4 Å². The second-order valence-corrected chi connectivity index (χ2v) is 7.84. The molecule has 0 saturated carbocycles. The zero-order chi connectivity index (χ0) is 21.2. The Morgan fingerprint density at radius 1 is 1.34 bits per heavy atom. The fourth-order valence-electron chi connectivity index (χ4n) is 3.41. The minimum absolute atomic E-state index is 0.0351. The summed E-state index contributed by atoms with van der Waals surface area (Å²) in [7, 11) is 0. The first-order valence-electron chi connectivity index (χ1n) is 9.46. The molecule has 1 aliphatic heterocycles. The topological polar surface area (TPSA) is 63.1 Å². The summed E-state index contributed by atoms with van der Waals surface area (Å²) in [5.41, 5.74) is -1.17. The lowest BCUT2D eigenvalue weighted by molar-refractivity contribution is -0.137. The molecular formula is C19H23ClF3N5O. The number of piperidine rings is 1. The second kappa shape index (κ2) is 8.71. The van der Waals surface area contributed by atoms with Crippen molar-refractivity contribution in [2.24, 2.45) is 5.92 Å². The molecule has 1 saturated heterocycles. The maximum atomic E-state index is 12.7. The zero-order valence-electron chi connectivity index (χ0n) is 16.2. The van der Waals surface area contributed by atoms with Gasteiger partial charge in [-0.1, -0.05) is 18.5 Å². The molecule has 2 atom stereocenters. The highest BCUT2D eigenvalue weighted by Gasteiger charge is 2.30. The highest BCUT2D eigenvalue weighted by Crippen LogP contribution is 2.28. The monoisotopic (exact) mass is 429 g/mol. The van der Waals surface area contributed by atoms with Gasteiger partial charge in [-0.15, -0.1) is 0 Å². The Hall–Kier alpha value is -2.13. The third-order valence-corrected chi connectivity index (χ3v) is 5.48. The van der Waals surface area contributed by atoms with Gasteiger partial charge in [0, 0.05) is 25.3 Å². The smallest absolute Gasteiger partial charge is 0.381 e. The average Bonchev–Trinajstić information content (AvgIpc) is 2.68. The number of nitrogens with one attached hydrogen (secondary N) is 1. The molecule has 29 heavy (non-hydrogen) atoms. The molecule has 158 valence electrons. The van der Waals surface area contributed by atoms with Crippen molar-refractivity contribution in [2.45, 2.75) is 38.9 Å². The van der Waals surface area contributed by atoms with Gasteiger partial charge in [-0.25, -0.2) is 4.98 Å². The summed E-state index contributed by atoms with van der Waals surface area (Å²) in [4.78, 5) is 18.6. The first-order valence-corrected chi connectivity index (χ1v) is 9.84. The van der Waals surface area contributed by atoms with E-state index in [2.05, 4.69) is 34.1 Å². The molecule has 1 N–H and O–H groups in total. The van der Waals surface area contributed by atoms with Gasteiger partial charge >= 0.3 is 6.18 Å². The quantitative estimate of drug-likeness (QED) is 0.782. The van der Waals surface area contributed by atoms with Gasteiger partial charge < -0.3 is 5.32 Å². The minimum Gasteiger partial charge on any atom is -0.381 e. The Morgan fingerprint density at radius 2 is 2.10 bits per heavy atom. The lowest BCUT2D eigenvalue weighted by atomic mass is 9.99. The van der Waals surface area contributed by atoms with Crippen molar-refractivity contribution < 1.29 is 13.2 Å². The summed E-state index contributed by atoms with van der Waals surface area (Å²) < 4.78 is 38.9. The lowest BCUT2D eigenvalue weighted by Crippen LogP contribution is -2.43. The largest absolute Gasteiger partial charge is 0.417 e. The van der Waals surface area contributed by atoms with Crippen molar-refractivity contribution in [1.29, 1.82) is 0 Å². The molecule has 2 aromatic heterocycles. The molecule has 0 amide bonds. The maximum Gasteiger partial charge on any atom is 0.417 e. The van der Waals surface area contributed by atoms with Crippen LogP contribution in [0.4, 0.5) is 18.9 Å². The van der Waals surface area contributed by atoms with Crippen LogP contribution in [0.3, 0.4) is 0 Å². The Kier molecular flexibility index (Phi) is 6.48. The number of nitrogens with zero attached hydrogens (tertiary/aromatic N) is 4. The highest BCUT2D eigenvalue weighted by molar-refractivity contribution is 6.32. The molecule has 2 aromatic rings. The molecule has 0 aromatic carbocycles. The van der Waals surface area contributed by atoms with E-state index in [1.165, 1.54) is 19.0 Å². The van der Waals surface area contributed by atoms with Gasteiger partial charge in [0.05, 0.1) is 17.4 Å². The Balaban J connectivity index is 1.72. The van der Waals surface area contributed by atoms with E-state index in [0.717, 1.165) is 29.9 Å². The number of alkyl halides is 3. The number of hydrogen-bond donors (Lipinski definition) is 1. The third-order valence-electron chi connectivity index (χ3n) is 5.11. The van der Waals surface area contributed by atoms with Crippen LogP contribution in [-0.2, 0) is 6.18 Å². The molecule has 0 bridgehead atoms. The summed E-state index contributed by atoms with van der Waals surface area (Å²) in [6.45, 7) is 7.02. The molecular weight excluding hydrogens is 407 g/mol. The summed E-state index contributed by atoms with van der Waals surface area (Å²) in [5.74, 6) is 0.628. The SMILES string of the molecule is CC1CCCN(C(C)CNc2cnn(-c3ccc(C(F)(F)F)cn3)c(=O)c2Cl)C1. The van der Waals surface area contributed by atoms with Crippen LogP contribution >= 0.6 is 11.6 Å². The van der Waals surface area contributed by atoms with Crippen molar-refractivity contribution in [3.63, 3.8) is 0 Å². The van der Waals surface area contributed by atoms with Crippen LogP contribution in [0.15, 0.2) is 29.3 Å². The van der Waals surface area contributed by atoms with E-state index in [1.807, 2.05) is 0 Å². The van der Waals surface area contributed by atoms with E-state index in [1.54, 1.807) is 0 Å². The maximum absolute atomic E-state index is 12.7. The van der Waals surface area contributed by atoms with E-state index >= 15 is 0 Å². The molecule has 0 radical (unpaired) electrons. The number of halogens is 4. The second-order valence-electron chi connectivity index (χ2n) is 7.46. The standard InChI is InChI=1S/C19H23ClF3N5O/c1-12-4-3-7-27(11-12)13(2)8-24-15-10-26-28(18(29)17(15)20)16-6-5-14(9-25-16)19(21,22)23/h5-6,9-10,12-13,24H,3-4,7-8,11H2,1-2H3. The van der Waals surface area contributed by atoms with Gasteiger partial charge in [0.25, 0.3) is 5.56 Å². The summed E-state index contributed by atoms with van der Waals surface area (Å²) in [6.07, 6.45) is -0.0514. The van der Waals surface area contributed by atoms with E-state index in [9.17, 15) is 18.0 Å². The average molecular weight is 430 g/mol. The van der Waals surface area contributed by atoms with E-state index in [0.29, 0.717) is 24.3 Å². The number of aromatic nitrogens is 3. The van der Waals surface area contributed by atoms with Crippen molar-refractivity contribution in [2.75, 3.05) is 25.0 Å². The number of likely N-dealkylation sites (tertiary alicyclic amines) is 1. The number of hydrogen-bond acceptors (Lipinski definition) is 5. The van der Waals surface area contributed by atoms with Gasteiger partial charge in [-0.3, -0.25) is 9.69 Å². The Morgan fingerprint density at radius 3 is 2.72 bits per heavy atom. The molecule has 0 aliphatic carbocycles. The fraction of sp³-hybridized carbons (Fsp3) is 0.526. The Labute approximate surface area is 171 Å². The predicted octanol–water partition coefficient (Wildman–Crippen LogP) is 3.83. The molecule has 6 nitrogen and oxygen atoms in total. The molecule has 10 heteroatoms. The molecule has 1 fully saturated rings. The van der Waals surface area contributed by atoms with Gasteiger partial charge in [0.2, 0.25) is 0 Å². The highest BCUT2D eigenvalue weighted by atomic mass is 35.5. The van der Waals surface area contributed by atoms with Gasteiger partial charge in [0.1, 0.15) is 5.02 Å². The molecule has 1 aliphatic rings. The first-order chi connectivity index (χ1) is 13.7. The molecule has 2 unspecified atom stereocenters. The van der Waals surface area contributed by atoms with E-state index in [-0.39, 0.29) is 16.9 Å². The normalized spacial score (nSPS) is 19.2. The molecule has 3 heterocycles.